The second-order valence-corrected chi connectivity index (χ2v) is 5.33. The van der Waals surface area contributed by atoms with Crippen molar-refractivity contribution in [3.05, 3.63) is 11.1 Å². The molecule has 0 bridgehead atoms. The first kappa shape index (κ1) is 13.1. The van der Waals surface area contributed by atoms with Crippen LogP contribution >= 0.6 is 0 Å². The molecule has 100 valence electrons. The van der Waals surface area contributed by atoms with Crippen LogP contribution in [0.4, 0.5) is 0 Å². The van der Waals surface area contributed by atoms with Crippen molar-refractivity contribution >= 4 is 11.9 Å². The van der Waals surface area contributed by atoms with Gasteiger partial charge in [0, 0.05) is 25.2 Å². The van der Waals surface area contributed by atoms with E-state index in [0.29, 0.717) is 18.5 Å². The average Bonchev–Trinajstić information content (AvgIpc) is 2.26. The van der Waals surface area contributed by atoms with Crippen LogP contribution < -0.4 is 5.32 Å². The molecule has 1 unspecified atom stereocenters. The van der Waals surface area contributed by atoms with Crippen molar-refractivity contribution in [1.29, 1.82) is 0 Å². The highest BCUT2D eigenvalue weighted by molar-refractivity contribution is 5.97. The van der Waals surface area contributed by atoms with E-state index in [-0.39, 0.29) is 5.91 Å². The molecule has 0 radical (unpaired) electrons. The summed E-state index contributed by atoms with van der Waals surface area (Å²) < 4.78 is 0. The normalized spacial score (nSPS) is 27.7. The Morgan fingerprint density at radius 2 is 2.00 bits per heavy atom. The molecule has 0 aliphatic carbocycles. The molecule has 2 aliphatic rings. The lowest BCUT2D eigenvalue weighted by Gasteiger charge is -2.42. The standard InChI is InChI=1S/C13H20N2O3/c1-9(10-7-14-8-10)11(16)15-6-4-3-5-13(15,2)12(17)18/h14H,3-8H2,1-2H3,(H,17,18). The van der Waals surface area contributed by atoms with Crippen LogP contribution in [0.5, 0.6) is 0 Å². The minimum absolute atomic E-state index is 0.115. The molecule has 2 N–H and O–H groups in total. The third-order valence-corrected chi connectivity index (χ3v) is 4.12. The summed E-state index contributed by atoms with van der Waals surface area (Å²) >= 11 is 0. The van der Waals surface area contributed by atoms with E-state index in [1.54, 1.807) is 18.7 Å². The average molecular weight is 252 g/mol. The Bertz CT molecular complexity index is 410. The first-order valence-corrected chi connectivity index (χ1v) is 6.41. The van der Waals surface area contributed by atoms with Crippen LogP contribution in [0.2, 0.25) is 0 Å². The molecule has 0 saturated carbocycles. The summed E-state index contributed by atoms with van der Waals surface area (Å²) in [6.07, 6.45) is 2.29. The fourth-order valence-electron chi connectivity index (χ4n) is 2.54. The smallest absolute Gasteiger partial charge is 0.329 e. The Morgan fingerprint density at radius 3 is 2.50 bits per heavy atom. The topological polar surface area (TPSA) is 69.6 Å². The summed E-state index contributed by atoms with van der Waals surface area (Å²) in [7, 11) is 0. The molecule has 1 amide bonds. The Kier molecular flexibility index (Phi) is 3.43. The number of amides is 1. The second-order valence-electron chi connectivity index (χ2n) is 5.33. The van der Waals surface area contributed by atoms with Gasteiger partial charge in [-0.25, -0.2) is 4.79 Å². The fourth-order valence-corrected chi connectivity index (χ4v) is 2.54. The zero-order chi connectivity index (χ0) is 13.3. The van der Waals surface area contributed by atoms with E-state index in [0.717, 1.165) is 31.5 Å². The van der Waals surface area contributed by atoms with Gasteiger partial charge in [0.1, 0.15) is 5.54 Å². The van der Waals surface area contributed by atoms with Crippen LogP contribution in [0.3, 0.4) is 0 Å². The highest BCUT2D eigenvalue weighted by atomic mass is 16.4. The molecular weight excluding hydrogens is 232 g/mol. The second kappa shape index (κ2) is 4.72. The highest BCUT2D eigenvalue weighted by Crippen LogP contribution is 2.30. The number of nitrogens with one attached hydrogen (secondary N) is 1. The third kappa shape index (κ3) is 2.03. The van der Waals surface area contributed by atoms with Crippen molar-refractivity contribution in [3.63, 3.8) is 0 Å². The van der Waals surface area contributed by atoms with Crippen molar-refractivity contribution in [3.8, 4) is 0 Å². The van der Waals surface area contributed by atoms with Gasteiger partial charge < -0.3 is 15.3 Å². The van der Waals surface area contributed by atoms with Gasteiger partial charge in [0.05, 0.1) is 0 Å². The number of carbonyl (C=O) groups is 2. The van der Waals surface area contributed by atoms with Gasteiger partial charge in [-0.05, 0) is 38.7 Å². The lowest BCUT2D eigenvalue weighted by atomic mass is 9.87. The lowest BCUT2D eigenvalue weighted by Crippen LogP contribution is -2.58. The van der Waals surface area contributed by atoms with E-state index in [1.807, 2.05) is 0 Å². The summed E-state index contributed by atoms with van der Waals surface area (Å²) in [4.78, 5) is 25.4. The summed E-state index contributed by atoms with van der Waals surface area (Å²) in [6, 6.07) is 0. The van der Waals surface area contributed by atoms with Crippen LogP contribution in [-0.2, 0) is 9.59 Å². The van der Waals surface area contributed by atoms with Gasteiger partial charge in [0.2, 0.25) is 5.91 Å². The van der Waals surface area contributed by atoms with E-state index in [9.17, 15) is 14.7 Å². The lowest BCUT2D eigenvalue weighted by molar-refractivity contribution is -0.159. The molecule has 2 saturated heterocycles. The van der Waals surface area contributed by atoms with Crippen molar-refractivity contribution in [2.45, 2.75) is 38.6 Å². The predicted molar refractivity (Wildman–Crippen MR) is 67.2 cm³/mol. The minimum atomic E-state index is -1.05. The maximum Gasteiger partial charge on any atom is 0.329 e. The minimum Gasteiger partial charge on any atom is -0.480 e. The van der Waals surface area contributed by atoms with Gasteiger partial charge in [0.15, 0.2) is 0 Å². The van der Waals surface area contributed by atoms with Gasteiger partial charge >= 0.3 is 5.97 Å². The number of hydrogen-bond acceptors (Lipinski definition) is 3. The maximum absolute atomic E-state index is 12.4. The number of likely N-dealkylation sites (tertiary alicyclic amines) is 1. The SMILES string of the molecule is CC(C(=O)N1CCCCC1(C)C(=O)O)=C1CNC1. The molecule has 0 aromatic heterocycles. The van der Waals surface area contributed by atoms with Crippen molar-refractivity contribution in [1.82, 2.24) is 10.2 Å². The molecule has 2 rings (SSSR count). The van der Waals surface area contributed by atoms with Crippen LogP contribution in [0.25, 0.3) is 0 Å². The van der Waals surface area contributed by atoms with E-state index in [2.05, 4.69) is 5.32 Å². The Morgan fingerprint density at radius 1 is 1.33 bits per heavy atom. The van der Waals surface area contributed by atoms with E-state index in [4.69, 9.17) is 0 Å². The van der Waals surface area contributed by atoms with Crippen molar-refractivity contribution < 1.29 is 14.7 Å². The van der Waals surface area contributed by atoms with Gasteiger partial charge in [-0.1, -0.05) is 0 Å². The molecule has 0 spiro atoms. The van der Waals surface area contributed by atoms with Gasteiger partial charge in [-0.15, -0.1) is 0 Å². The number of rotatable bonds is 2. The zero-order valence-corrected chi connectivity index (χ0v) is 11.0. The highest BCUT2D eigenvalue weighted by Gasteiger charge is 2.44. The first-order valence-electron chi connectivity index (χ1n) is 6.41. The molecular formula is C13H20N2O3. The molecule has 2 aliphatic heterocycles. The van der Waals surface area contributed by atoms with Gasteiger partial charge in [0.25, 0.3) is 0 Å². The molecule has 5 nitrogen and oxygen atoms in total. The molecule has 18 heavy (non-hydrogen) atoms. The van der Waals surface area contributed by atoms with Crippen LogP contribution in [-0.4, -0.2) is 47.1 Å². The van der Waals surface area contributed by atoms with Crippen molar-refractivity contribution in [2.75, 3.05) is 19.6 Å². The van der Waals surface area contributed by atoms with Gasteiger partial charge in [-0.3, -0.25) is 4.79 Å². The Hall–Kier alpha value is -1.36. The molecule has 0 aromatic rings. The third-order valence-electron chi connectivity index (χ3n) is 4.12. The molecule has 5 heteroatoms. The summed E-state index contributed by atoms with van der Waals surface area (Å²) in [5.74, 6) is -1.02. The van der Waals surface area contributed by atoms with Crippen LogP contribution in [0.1, 0.15) is 33.1 Å². The fraction of sp³-hybridized carbons (Fsp3) is 0.692. The molecule has 2 fully saturated rings. The van der Waals surface area contributed by atoms with Crippen molar-refractivity contribution in [2.24, 2.45) is 0 Å². The number of piperidine rings is 1. The Labute approximate surface area is 107 Å². The predicted octanol–water partition coefficient (Wildman–Crippen LogP) is 0.762. The number of aliphatic carboxylic acids is 1. The Balaban J connectivity index is 2.24. The van der Waals surface area contributed by atoms with E-state index in [1.165, 1.54) is 0 Å². The number of carboxylic acid groups (broad SMARTS) is 1. The zero-order valence-electron chi connectivity index (χ0n) is 11.0. The number of carbonyl (C=O) groups excluding carboxylic acids is 1. The molecule has 1 atom stereocenters. The number of nitrogens with zero attached hydrogens (tertiary/aromatic N) is 1. The maximum atomic E-state index is 12.4. The monoisotopic (exact) mass is 252 g/mol. The number of carboxylic acids is 1. The largest absolute Gasteiger partial charge is 0.480 e. The number of hydrogen-bond donors (Lipinski definition) is 2. The van der Waals surface area contributed by atoms with Crippen LogP contribution in [0.15, 0.2) is 11.1 Å². The first-order chi connectivity index (χ1) is 8.47. The molecule has 2 heterocycles. The van der Waals surface area contributed by atoms with Crippen LogP contribution in [0, 0.1) is 0 Å². The quantitative estimate of drug-likeness (QED) is 0.712. The summed E-state index contributed by atoms with van der Waals surface area (Å²) in [5.41, 5.74) is 0.760. The van der Waals surface area contributed by atoms with E-state index >= 15 is 0 Å². The van der Waals surface area contributed by atoms with E-state index < -0.39 is 11.5 Å². The molecule has 0 aromatic carbocycles. The summed E-state index contributed by atoms with van der Waals surface area (Å²) in [6.45, 7) is 5.49. The van der Waals surface area contributed by atoms with Gasteiger partial charge in [-0.2, -0.15) is 0 Å². The summed E-state index contributed by atoms with van der Waals surface area (Å²) in [5, 5.41) is 12.5.